The second-order valence-corrected chi connectivity index (χ2v) is 5.87. The Labute approximate surface area is 69.0 Å². The standard InChI is InChI=1S/C4H8INO2S/c5-6-3-1-2-4-9(6,7)8/h1-4H2. The van der Waals surface area contributed by atoms with Gasteiger partial charge in [-0.3, -0.25) is 0 Å². The Morgan fingerprint density at radius 3 is 2.33 bits per heavy atom. The van der Waals surface area contributed by atoms with Crippen LogP contribution in [0.4, 0.5) is 0 Å². The second-order valence-electron chi connectivity index (χ2n) is 2.03. The molecule has 0 aliphatic carbocycles. The van der Waals surface area contributed by atoms with Crippen molar-refractivity contribution in [1.29, 1.82) is 0 Å². The van der Waals surface area contributed by atoms with E-state index < -0.39 is 10.0 Å². The van der Waals surface area contributed by atoms with Crippen molar-refractivity contribution >= 4 is 32.9 Å². The Bertz CT molecular complexity index is 189. The molecule has 1 rings (SSSR count). The molecule has 0 amide bonds. The van der Waals surface area contributed by atoms with E-state index in [0.29, 0.717) is 12.3 Å². The summed E-state index contributed by atoms with van der Waals surface area (Å²) in [6, 6.07) is 0. The van der Waals surface area contributed by atoms with Gasteiger partial charge < -0.3 is 0 Å². The summed E-state index contributed by atoms with van der Waals surface area (Å²) in [7, 11) is -2.84. The molecular weight excluding hydrogens is 253 g/mol. The molecule has 1 saturated heterocycles. The highest BCUT2D eigenvalue weighted by Gasteiger charge is 2.22. The highest BCUT2D eigenvalue weighted by molar-refractivity contribution is 14.1. The first-order chi connectivity index (χ1) is 4.13. The van der Waals surface area contributed by atoms with Crippen LogP contribution in [0.15, 0.2) is 0 Å². The zero-order chi connectivity index (χ0) is 6.91. The molecule has 1 aliphatic heterocycles. The Morgan fingerprint density at radius 1 is 1.33 bits per heavy atom. The summed E-state index contributed by atoms with van der Waals surface area (Å²) in [6.07, 6.45) is 1.82. The van der Waals surface area contributed by atoms with E-state index in [1.807, 2.05) is 22.9 Å². The van der Waals surface area contributed by atoms with E-state index in [0.717, 1.165) is 12.8 Å². The monoisotopic (exact) mass is 261 g/mol. The van der Waals surface area contributed by atoms with E-state index >= 15 is 0 Å². The van der Waals surface area contributed by atoms with Gasteiger partial charge in [-0.25, -0.2) is 8.42 Å². The second kappa shape index (κ2) is 2.71. The van der Waals surface area contributed by atoms with Gasteiger partial charge in [0.05, 0.1) is 5.75 Å². The van der Waals surface area contributed by atoms with Crippen molar-refractivity contribution in [2.75, 3.05) is 12.3 Å². The highest BCUT2D eigenvalue weighted by Crippen LogP contribution is 2.16. The van der Waals surface area contributed by atoms with E-state index in [4.69, 9.17) is 0 Å². The molecule has 9 heavy (non-hydrogen) atoms. The summed E-state index contributed by atoms with van der Waals surface area (Å²) in [6.45, 7) is 0.683. The summed E-state index contributed by atoms with van der Waals surface area (Å²) in [5, 5.41) is 0. The predicted octanol–water partition coefficient (Wildman–Crippen LogP) is 0.762. The fourth-order valence-corrected chi connectivity index (χ4v) is 2.87. The lowest BCUT2D eigenvalue weighted by Gasteiger charge is -2.18. The summed E-state index contributed by atoms with van der Waals surface area (Å²) >= 11 is 1.84. The molecule has 0 atom stereocenters. The van der Waals surface area contributed by atoms with Crippen molar-refractivity contribution in [2.24, 2.45) is 0 Å². The topological polar surface area (TPSA) is 37.4 Å². The summed E-state index contributed by atoms with van der Waals surface area (Å²) in [4.78, 5) is 0. The van der Waals surface area contributed by atoms with Crippen LogP contribution in [-0.4, -0.2) is 23.2 Å². The molecule has 0 bridgehead atoms. The molecule has 1 aliphatic rings. The third-order valence-electron chi connectivity index (χ3n) is 1.29. The summed E-state index contributed by atoms with van der Waals surface area (Å²) < 4.78 is 23.2. The average molecular weight is 261 g/mol. The van der Waals surface area contributed by atoms with Gasteiger partial charge in [-0.15, -0.1) is 2.52 Å². The maximum absolute atomic E-state index is 10.9. The number of sulfonamides is 1. The van der Waals surface area contributed by atoms with E-state index in [9.17, 15) is 8.42 Å². The highest BCUT2D eigenvalue weighted by atomic mass is 127. The van der Waals surface area contributed by atoms with Crippen LogP contribution in [0.2, 0.25) is 0 Å². The van der Waals surface area contributed by atoms with E-state index in [2.05, 4.69) is 0 Å². The van der Waals surface area contributed by atoms with Gasteiger partial charge in [0.1, 0.15) is 0 Å². The van der Waals surface area contributed by atoms with Gasteiger partial charge in [0, 0.05) is 29.4 Å². The molecule has 0 radical (unpaired) electrons. The van der Waals surface area contributed by atoms with E-state index in [-0.39, 0.29) is 0 Å². The van der Waals surface area contributed by atoms with Gasteiger partial charge in [-0.2, -0.15) is 0 Å². The molecule has 0 N–H and O–H groups in total. The van der Waals surface area contributed by atoms with Gasteiger partial charge >= 0.3 is 0 Å². The number of rotatable bonds is 0. The molecule has 0 aromatic rings. The first-order valence-electron chi connectivity index (χ1n) is 2.79. The average Bonchev–Trinajstić information content (AvgIpc) is 1.77. The Morgan fingerprint density at radius 2 is 2.00 bits per heavy atom. The summed E-state index contributed by atoms with van der Waals surface area (Å²) in [5.74, 6) is 0.329. The first kappa shape index (κ1) is 7.74. The van der Waals surface area contributed by atoms with Crippen molar-refractivity contribution < 1.29 is 8.42 Å². The van der Waals surface area contributed by atoms with Gasteiger partial charge in [0.2, 0.25) is 10.0 Å². The molecule has 1 fully saturated rings. The molecule has 0 saturated carbocycles. The minimum Gasteiger partial charge on any atom is -0.211 e. The number of hydrogen-bond acceptors (Lipinski definition) is 2. The van der Waals surface area contributed by atoms with Crippen LogP contribution in [-0.2, 0) is 10.0 Å². The third kappa shape index (κ3) is 1.78. The van der Waals surface area contributed by atoms with Gasteiger partial charge in [-0.1, -0.05) is 0 Å². The lowest BCUT2D eigenvalue weighted by atomic mass is 10.3. The Balaban J connectivity index is 2.72. The largest absolute Gasteiger partial charge is 0.222 e. The lowest BCUT2D eigenvalue weighted by Crippen LogP contribution is -2.29. The van der Waals surface area contributed by atoms with Gasteiger partial charge in [0.15, 0.2) is 0 Å². The number of halogens is 1. The predicted molar refractivity (Wildman–Crippen MR) is 43.7 cm³/mol. The molecule has 5 heteroatoms. The van der Waals surface area contributed by atoms with E-state index in [1.54, 1.807) is 0 Å². The summed E-state index contributed by atoms with van der Waals surface area (Å²) in [5.41, 5.74) is 0. The molecule has 0 aromatic carbocycles. The maximum Gasteiger partial charge on any atom is 0.222 e. The Hall–Kier alpha value is 0.640. The van der Waals surface area contributed by atoms with Gasteiger partial charge in [-0.05, 0) is 12.8 Å². The zero-order valence-electron chi connectivity index (χ0n) is 4.88. The third-order valence-corrected chi connectivity index (χ3v) is 5.16. The zero-order valence-corrected chi connectivity index (χ0v) is 7.85. The van der Waals surface area contributed by atoms with Crippen LogP contribution in [0.3, 0.4) is 0 Å². The number of hydrogen-bond donors (Lipinski definition) is 0. The quantitative estimate of drug-likeness (QED) is 0.477. The first-order valence-corrected chi connectivity index (χ1v) is 5.36. The number of nitrogens with zero attached hydrogens (tertiary/aromatic N) is 1. The normalized spacial score (nSPS) is 28.1. The van der Waals surface area contributed by atoms with Gasteiger partial charge in [0.25, 0.3) is 0 Å². The van der Waals surface area contributed by atoms with Crippen LogP contribution in [0.25, 0.3) is 0 Å². The molecule has 0 unspecified atom stereocenters. The molecule has 1 heterocycles. The van der Waals surface area contributed by atoms with Crippen LogP contribution >= 0.6 is 22.9 Å². The van der Waals surface area contributed by atoms with E-state index in [1.165, 1.54) is 2.52 Å². The minimum atomic E-state index is -2.84. The van der Waals surface area contributed by atoms with Crippen molar-refractivity contribution in [1.82, 2.24) is 2.52 Å². The van der Waals surface area contributed by atoms with Crippen molar-refractivity contribution in [3.8, 4) is 0 Å². The smallest absolute Gasteiger partial charge is 0.211 e. The fourth-order valence-electron chi connectivity index (χ4n) is 0.759. The molecule has 0 aromatic heterocycles. The Kier molecular flexibility index (Phi) is 2.33. The van der Waals surface area contributed by atoms with Crippen LogP contribution in [0, 0.1) is 0 Å². The van der Waals surface area contributed by atoms with Crippen molar-refractivity contribution in [3.05, 3.63) is 0 Å². The molecule has 0 spiro atoms. The molecule has 3 nitrogen and oxygen atoms in total. The van der Waals surface area contributed by atoms with Crippen LogP contribution < -0.4 is 0 Å². The van der Waals surface area contributed by atoms with Crippen LogP contribution in [0.5, 0.6) is 0 Å². The van der Waals surface area contributed by atoms with Crippen molar-refractivity contribution in [3.63, 3.8) is 0 Å². The fraction of sp³-hybridized carbons (Fsp3) is 1.00. The molecular formula is C4H8INO2S. The van der Waals surface area contributed by atoms with Crippen LogP contribution in [0.1, 0.15) is 12.8 Å². The lowest BCUT2D eigenvalue weighted by molar-refractivity contribution is 0.521. The SMILES string of the molecule is O=S1(=O)CCCCN1I. The minimum absolute atomic E-state index is 0.329. The van der Waals surface area contributed by atoms with Crippen molar-refractivity contribution in [2.45, 2.75) is 12.8 Å². The maximum atomic E-state index is 10.9. The molecule has 54 valence electrons.